The lowest BCUT2D eigenvalue weighted by Gasteiger charge is -2.34. The zero-order valence-corrected chi connectivity index (χ0v) is 15.6. The molecular weight excluding hydrogens is 367 g/mol. The van der Waals surface area contributed by atoms with Crippen molar-refractivity contribution >= 4 is 35.1 Å². The normalized spacial score (nSPS) is 17.8. The number of rotatable bonds is 7. The number of benzene rings is 1. The Morgan fingerprint density at radius 3 is 2.80 bits per heavy atom. The average molecular weight is 389 g/mol. The maximum atomic E-state index is 12.4. The van der Waals surface area contributed by atoms with Crippen molar-refractivity contribution < 1.29 is 19.4 Å². The molecule has 25 heavy (non-hydrogen) atoms. The second-order valence-electron chi connectivity index (χ2n) is 6.17. The van der Waals surface area contributed by atoms with E-state index < -0.39 is 5.97 Å². The number of halogens is 2. The summed E-state index contributed by atoms with van der Waals surface area (Å²) in [7, 11) is 1.72. The maximum Gasteiger partial charge on any atom is 0.317 e. The summed E-state index contributed by atoms with van der Waals surface area (Å²) in [5, 5.41) is 9.79. The molecule has 1 aliphatic heterocycles. The van der Waals surface area contributed by atoms with Gasteiger partial charge in [-0.3, -0.25) is 14.5 Å². The van der Waals surface area contributed by atoms with Gasteiger partial charge in [-0.1, -0.05) is 29.3 Å². The molecule has 1 aromatic rings. The van der Waals surface area contributed by atoms with Crippen LogP contribution in [0.2, 0.25) is 10.0 Å². The number of aryl methyl sites for hydroxylation is 1. The number of nitrogens with zero attached hydrogens (tertiary/aromatic N) is 2. The van der Waals surface area contributed by atoms with Gasteiger partial charge < -0.3 is 14.7 Å². The molecule has 1 fully saturated rings. The average Bonchev–Trinajstić information content (AvgIpc) is 2.55. The smallest absolute Gasteiger partial charge is 0.317 e. The number of likely N-dealkylation sites (N-methyl/N-ethyl adjacent to an activating group) is 1. The third-order valence-electron chi connectivity index (χ3n) is 4.02. The molecule has 8 heteroatoms. The van der Waals surface area contributed by atoms with Crippen LogP contribution in [0.4, 0.5) is 0 Å². The highest BCUT2D eigenvalue weighted by molar-refractivity contribution is 6.42. The fourth-order valence-corrected chi connectivity index (χ4v) is 3.12. The number of ether oxygens (including phenoxy) is 1. The van der Waals surface area contributed by atoms with E-state index in [1.165, 1.54) is 0 Å². The second kappa shape index (κ2) is 9.38. The van der Waals surface area contributed by atoms with Gasteiger partial charge >= 0.3 is 5.97 Å². The van der Waals surface area contributed by atoms with Gasteiger partial charge in [0.15, 0.2) is 0 Å². The third-order valence-corrected chi connectivity index (χ3v) is 4.76. The summed E-state index contributed by atoms with van der Waals surface area (Å²) in [5.74, 6) is -0.826. The highest BCUT2D eigenvalue weighted by Crippen LogP contribution is 2.23. The molecule has 0 bridgehead atoms. The molecule has 0 saturated carbocycles. The topological polar surface area (TPSA) is 70.1 Å². The summed E-state index contributed by atoms with van der Waals surface area (Å²) in [6.45, 7) is 1.92. The fourth-order valence-electron chi connectivity index (χ4n) is 2.80. The molecule has 1 unspecified atom stereocenters. The van der Waals surface area contributed by atoms with E-state index in [4.69, 9.17) is 33.0 Å². The van der Waals surface area contributed by atoms with Crippen LogP contribution in [0, 0.1) is 0 Å². The van der Waals surface area contributed by atoms with Crippen molar-refractivity contribution in [2.45, 2.75) is 18.9 Å². The Hall–Kier alpha value is -1.34. The van der Waals surface area contributed by atoms with Gasteiger partial charge in [0.2, 0.25) is 5.91 Å². The van der Waals surface area contributed by atoms with Crippen LogP contribution >= 0.6 is 23.2 Å². The van der Waals surface area contributed by atoms with Crippen molar-refractivity contribution in [3.63, 3.8) is 0 Å². The fraction of sp³-hybridized carbons (Fsp3) is 0.529. The first-order valence-corrected chi connectivity index (χ1v) is 8.84. The molecule has 0 radical (unpaired) electrons. The molecular formula is C17H22Cl2N2O4. The molecule has 6 nitrogen and oxygen atoms in total. The Morgan fingerprint density at radius 1 is 1.36 bits per heavy atom. The van der Waals surface area contributed by atoms with E-state index in [1.807, 2.05) is 6.07 Å². The SMILES string of the molecule is CN(CC(=O)O)CC1CN(C(=O)CCc2ccc(Cl)c(Cl)c2)CCO1. The molecule has 1 atom stereocenters. The van der Waals surface area contributed by atoms with Gasteiger partial charge in [0.25, 0.3) is 0 Å². The van der Waals surface area contributed by atoms with Crippen LogP contribution in [0.5, 0.6) is 0 Å². The molecule has 1 saturated heterocycles. The number of aliphatic carboxylic acids is 1. The van der Waals surface area contributed by atoms with Crippen molar-refractivity contribution in [2.24, 2.45) is 0 Å². The van der Waals surface area contributed by atoms with E-state index in [9.17, 15) is 9.59 Å². The molecule has 1 N–H and O–H groups in total. The lowest BCUT2D eigenvalue weighted by molar-refractivity contribution is -0.142. The van der Waals surface area contributed by atoms with Crippen LogP contribution in [-0.4, -0.2) is 72.7 Å². The van der Waals surface area contributed by atoms with E-state index in [0.29, 0.717) is 49.1 Å². The molecule has 1 aliphatic rings. The van der Waals surface area contributed by atoms with Crippen molar-refractivity contribution in [3.8, 4) is 0 Å². The lowest BCUT2D eigenvalue weighted by Crippen LogP contribution is -2.49. The Morgan fingerprint density at radius 2 is 2.12 bits per heavy atom. The number of carboxylic acids is 1. The molecule has 1 heterocycles. The van der Waals surface area contributed by atoms with Crippen molar-refractivity contribution in [3.05, 3.63) is 33.8 Å². The van der Waals surface area contributed by atoms with Gasteiger partial charge in [-0.2, -0.15) is 0 Å². The summed E-state index contributed by atoms with van der Waals surface area (Å²) in [6, 6.07) is 5.37. The van der Waals surface area contributed by atoms with E-state index in [2.05, 4.69) is 0 Å². The zero-order chi connectivity index (χ0) is 18.4. The van der Waals surface area contributed by atoms with Crippen molar-refractivity contribution in [2.75, 3.05) is 39.8 Å². The summed E-state index contributed by atoms with van der Waals surface area (Å²) in [5.41, 5.74) is 0.966. The number of carbonyl (C=O) groups excluding carboxylic acids is 1. The molecule has 1 amide bonds. The highest BCUT2D eigenvalue weighted by atomic mass is 35.5. The van der Waals surface area contributed by atoms with Crippen LogP contribution in [0.1, 0.15) is 12.0 Å². The van der Waals surface area contributed by atoms with Gasteiger partial charge in [-0.05, 0) is 31.2 Å². The molecule has 1 aromatic carbocycles. The maximum absolute atomic E-state index is 12.4. The molecule has 0 aromatic heterocycles. The van der Waals surface area contributed by atoms with Crippen LogP contribution in [0.25, 0.3) is 0 Å². The second-order valence-corrected chi connectivity index (χ2v) is 6.99. The van der Waals surface area contributed by atoms with Gasteiger partial charge in [0, 0.05) is 26.1 Å². The van der Waals surface area contributed by atoms with Crippen LogP contribution in [0.15, 0.2) is 18.2 Å². The Labute approximate surface area is 157 Å². The van der Waals surface area contributed by atoms with Crippen molar-refractivity contribution in [1.82, 2.24) is 9.80 Å². The van der Waals surface area contributed by atoms with Gasteiger partial charge in [0.1, 0.15) is 0 Å². The van der Waals surface area contributed by atoms with E-state index in [0.717, 1.165) is 5.56 Å². The summed E-state index contributed by atoms with van der Waals surface area (Å²) >= 11 is 11.9. The quantitative estimate of drug-likeness (QED) is 0.774. The molecule has 0 aliphatic carbocycles. The number of carbonyl (C=O) groups is 2. The van der Waals surface area contributed by atoms with E-state index in [1.54, 1.807) is 29.0 Å². The highest BCUT2D eigenvalue weighted by Gasteiger charge is 2.25. The minimum Gasteiger partial charge on any atom is -0.480 e. The predicted molar refractivity (Wildman–Crippen MR) is 96.2 cm³/mol. The number of hydrogen-bond donors (Lipinski definition) is 1. The number of amides is 1. The number of morpholine rings is 1. The Balaban J connectivity index is 1.82. The van der Waals surface area contributed by atoms with Crippen molar-refractivity contribution in [1.29, 1.82) is 0 Å². The van der Waals surface area contributed by atoms with Crippen LogP contribution in [0.3, 0.4) is 0 Å². The molecule has 138 valence electrons. The Kier molecular flexibility index (Phi) is 7.50. The van der Waals surface area contributed by atoms with E-state index >= 15 is 0 Å². The monoisotopic (exact) mass is 388 g/mol. The van der Waals surface area contributed by atoms with Crippen LogP contribution < -0.4 is 0 Å². The molecule has 0 spiro atoms. The van der Waals surface area contributed by atoms with E-state index in [-0.39, 0.29) is 18.6 Å². The summed E-state index contributed by atoms with van der Waals surface area (Å²) in [4.78, 5) is 26.6. The van der Waals surface area contributed by atoms with Gasteiger partial charge in [0.05, 0.1) is 29.3 Å². The predicted octanol–water partition coefficient (Wildman–Crippen LogP) is 2.17. The van der Waals surface area contributed by atoms with Gasteiger partial charge in [-0.25, -0.2) is 0 Å². The van der Waals surface area contributed by atoms with Gasteiger partial charge in [-0.15, -0.1) is 0 Å². The summed E-state index contributed by atoms with van der Waals surface area (Å²) < 4.78 is 5.64. The van der Waals surface area contributed by atoms with Crippen LogP contribution in [-0.2, 0) is 20.7 Å². The summed E-state index contributed by atoms with van der Waals surface area (Å²) in [6.07, 6.45) is 0.804. The first-order chi connectivity index (χ1) is 11.8. The first-order valence-electron chi connectivity index (χ1n) is 8.09. The number of hydrogen-bond acceptors (Lipinski definition) is 4. The standard InChI is InChI=1S/C17H22Cl2N2O4/c1-20(11-17(23)24)9-13-10-21(6-7-25-13)16(22)5-3-12-2-4-14(18)15(19)8-12/h2,4,8,13H,3,5-7,9-11H2,1H3,(H,23,24). The zero-order valence-electron chi connectivity index (χ0n) is 14.1. The molecule has 2 rings (SSSR count). The third kappa shape index (κ3) is 6.47. The first kappa shape index (κ1) is 20.0. The minimum absolute atomic E-state index is 0.0505. The minimum atomic E-state index is -0.882. The lowest BCUT2D eigenvalue weighted by atomic mass is 10.1. The largest absolute Gasteiger partial charge is 0.480 e. The number of carboxylic acid groups (broad SMARTS) is 1. The Bertz CT molecular complexity index is 627.